The molecule has 3 rings (SSSR count). The fourth-order valence-electron chi connectivity index (χ4n) is 3.36. The van der Waals surface area contributed by atoms with Gasteiger partial charge in [0, 0.05) is 46.2 Å². The second-order valence-electron chi connectivity index (χ2n) is 6.43. The topological polar surface area (TPSA) is 61.6 Å². The number of hydrogen-bond acceptors (Lipinski definition) is 4. The first-order valence-corrected chi connectivity index (χ1v) is 8.57. The highest BCUT2D eigenvalue weighted by Gasteiger charge is 2.41. The lowest BCUT2D eigenvalue weighted by Crippen LogP contribution is -2.56. The Morgan fingerprint density at radius 3 is 2.50 bits per heavy atom. The molecule has 0 spiro atoms. The first kappa shape index (κ1) is 21.2. The standard InChI is InChI=1S/C15H24F3N7.HI/c1-11(15(16,17)18)23-6-8-24(9-7-23)14(19-2)20-10-13-22-21-12-4-3-5-25(12)13;/h11H,3-10H2,1-2H3,(H,19,20);1H. The number of nitrogens with zero attached hydrogens (tertiary/aromatic N) is 6. The Morgan fingerprint density at radius 1 is 1.19 bits per heavy atom. The Bertz CT molecular complexity index is 623. The van der Waals surface area contributed by atoms with Crippen molar-refractivity contribution in [2.24, 2.45) is 4.99 Å². The number of nitrogens with one attached hydrogen (secondary N) is 1. The summed E-state index contributed by atoms with van der Waals surface area (Å²) in [5.74, 6) is 2.58. The van der Waals surface area contributed by atoms with Crippen molar-refractivity contribution in [2.45, 2.75) is 45.1 Å². The smallest absolute Gasteiger partial charge is 0.349 e. The van der Waals surface area contributed by atoms with Crippen LogP contribution in [0.3, 0.4) is 0 Å². The third kappa shape index (κ3) is 4.59. The van der Waals surface area contributed by atoms with Gasteiger partial charge in [-0.3, -0.25) is 9.89 Å². The summed E-state index contributed by atoms with van der Waals surface area (Å²) in [4.78, 5) is 7.71. The van der Waals surface area contributed by atoms with Crippen molar-refractivity contribution in [1.29, 1.82) is 0 Å². The molecule has 0 amide bonds. The van der Waals surface area contributed by atoms with Gasteiger partial charge >= 0.3 is 6.18 Å². The highest BCUT2D eigenvalue weighted by molar-refractivity contribution is 14.0. The number of hydrogen-bond donors (Lipinski definition) is 1. The van der Waals surface area contributed by atoms with Crippen molar-refractivity contribution in [2.75, 3.05) is 33.2 Å². The van der Waals surface area contributed by atoms with E-state index in [1.54, 1.807) is 7.05 Å². The zero-order valence-corrected chi connectivity index (χ0v) is 17.3. The van der Waals surface area contributed by atoms with Gasteiger partial charge in [-0.25, -0.2) is 0 Å². The predicted molar refractivity (Wildman–Crippen MR) is 103 cm³/mol. The van der Waals surface area contributed by atoms with E-state index in [2.05, 4.69) is 25.1 Å². The number of guanidine groups is 1. The summed E-state index contributed by atoms with van der Waals surface area (Å²) in [7, 11) is 1.68. The van der Waals surface area contributed by atoms with Gasteiger partial charge in [-0.05, 0) is 13.3 Å². The van der Waals surface area contributed by atoms with Crippen LogP contribution in [0.1, 0.15) is 25.0 Å². The maximum Gasteiger partial charge on any atom is 0.403 e. The number of piperazine rings is 1. The average molecular weight is 487 g/mol. The van der Waals surface area contributed by atoms with Crippen LogP contribution in [0.25, 0.3) is 0 Å². The Hall–Kier alpha value is -1.11. The monoisotopic (exact) mass is 487 g/mol. The number of alkyl halides is 3. The molecule has 11 heteroatoms. The number of aryl methyl sites for hydroxylation is 1. The minimum atomic E-state index is -4.18. The maximum atomic E-state index is 12.8. The van der Waals surface area contributed by atoms with Gasteiger partial charge in [0.1, 0.15) is 11.9 Å². The Labute approximate surface area is 168 Å². The van der Waals surface area contributed by atoms with Gasteiger partial charge in [0.25, 0.3) is 0 Å². The molecular weight excluding hydrogens is 462 g/mol. The highest BCUT2D eigenvalue weighted by Crippen LogP contribution is 2.25. The zero-order valence-electron chi connectivity index (χ0n) is 15.0. The molecule has 1 unspecified atom stereocenters. The molecule has 2 aliphatic rings. The Morgan fingerprint density at radius 2 is 1.88 bits per heavy atom. The van der Waals surface area contributed by atoms with Gasteiger partial charge in [0.2, 0.25) is 0 Å². The van der Waals surface area contributed by atoms with Crippen molar-refractivity contribution in [1.82, 2.24) is 29.9 Å². The lowest BCUT2D eigenvalue weighted by atomic mass is 10.2. The van der Waals surface area contributed by atoms with Crippen LogP contribution >= 0.6 is 24.0 Å². The van der Waals surface area contributed by atoms with E-state index in [9.17, 15) is 13.2 Å². The van der Waals surface area contributed by atoms with Crippen LogP contribution in [0.2, 0.25) is 0 Å². The van der Waals surface area contributed by atoms with E-state index in [4.69, 9.17) is 0 Å². The van der Waals surface area contributed by atoms with E-state index in [-0.39, 0.29) is 24.0 Å². The summed E-state index contributed by atoms with van der Waals surface area (Å²) in [5.41, 5.74) is 0. The van der Waals surface area contributed by atoms with Gasteiger partial charge in [-0.2, -0.15) is 13.2 Å². The summed E-state index contributed by atoms with van der Waals surface area (Å²) < 4.78 is 40.6. The summed E-state index contributed by atoms with van der Waals surface area (Å²) >= 11 is 0. The van der Waals surface area contributed by atoms with E-state index in [0.29, 0.717) is 38.7 Å². The molecule has 0 aromatic carbocycles. The van der Waals surface area contributed by atoms with Gasteiger partial charge in [0.05, 0.1) is 6.54 Å². The molecule has 1 fully saturated rings. The molecule has 0 saturated carbocycles. The van der Waals surface area contributed by atoms with Gasteiger partial charge < -0.3 is 14.8 Å². The summed E-state index contributed by atoms with van der Waals surface area (Å²) in [6.45, 7) is 4.42. The molecule has 26 heavy (non-hydrogen) atoms. The molecule has 1 aromatic heterocycles. The van der Waals surface area contributed by atoms with Crippen molar-refractivity contribution in [3.8, 4) is 0 Å². The zero-order chi connectivity index (χ0) is 18.0. The van der Waals surface area contributed by atoms with Crippen LogP contribution in [0.5, 0.6) is 0 Å². The third-order valence-corrected chi connectivity index (χ3v) is 4.94. The van der Waals surface area contributed by atoms with Crippen LogP contribution in [0.4, 0.5) is 13.2 Å². The van der Waals surface area contributed by atoms with Crippen LogP contribution in [-0.4, -0.2) is 76.0 Å². The predicted octanol–water partition coefficient (Wildman–Crippen LogP) is 1.49. The molecule has 2 aliphatic heterocycles. The molecule has 3 heterocycles. The first-order chi connectivity index (χ1) is 11.9. The lowest BCUT2D eigenvalue weighted by molar-refractivity contribution is -0.181. The summed E-state index contributed by atoms with van der Waals surface area (Å²) in [5, 5.41) is 11.6. The second kappa shape index (κ2) is 8.72. The average Bonchev–Trinajstić information content (AvgIpc) is 3.19. The minimum Gasteiger partial charge on any atom is -0.349 e. The third-order valence-electron chi connectivity index (χ3n) is 4.94. The van der Waals surface area contributed by atoms with E-state index >= 15 is 0 Å². The molecule has 1 N–H and O–H groups in total. The van der Waals surface area contributed by atoms with E-state index < -0.39 is 12.2 Å². The fourth-order valence-corrected chi connectivity index (χ4v) is 3.36. The van der Waals surface area contributed by atoms with Gasteiger partial charge in [-0.1, -0.05) is 0 Å². The molecule has 1 atom stereocenters. The second-order valence-corrected chi connectivity index (χ2v) is 6.43. The molecule has 7 nitrogen and oxygen atoms in total. The number of aromatic nitrogens is 3. The molecule has 1 saturated heterocycles. The van der Waals surface area contributed by atoms with E-state index in [1.807, 2.05) is 4.90 Å². The Balaban J connectivity index is 0.00000243. The highest BCUT2D eigenvalue weighted by atomic mass is 127. The summed E-state index contributed by atoms with van der Waals surface area (Å²) in [6.07, 6.45) is -2.14. The minimum absolute atomic E-state index is 0. The molecule has 148 valence electrons. The molecule has 0 radical (unpaired) electrons. The summed E-state index contributed by atoms with van der Waals surface area (Å²) in [6, 6.07) is -1.41. The Kier molecular flexibility index (Phi) is 7.11. The molecular formula is C15H25F3IN7. The van der Waals surface area contributed by atoms with Gasteiger partial charge in [0.15, 0.2) is 11.8 Å². The van der Waals surface area contributed by atoms with Crippen molar-refractivity contribution < 1.29 is 13.2 Å². The molecule has 1 aromatic rings. The van der Waals surface area contributed by atoms with Crippen molar-refractivity contribution >= 4 is 29.9 Å². The van der Waals surface area contributed by atoms with E-state index in [1.165, 1.54) is 11.8 Å². The lowest BCUT2D eigenvalue weighted by Gasteiger charge is -2.39. The maximum absolute atomic E-state index is 12.8. The van der Waals surface area contributed by atoms with Crippen LogP contribution in [-0.2, 0) is 19.5 Å². The normalized spacial score (nSPS) is 19.9. The van der Waals surface area contributed by atoms with Gasteiger partial charge in [-0.15, -0.1) is 34.2 Å². The largest absolute Gasteiger partial charge is 0.403 e. The quantitative estimate of drug-likeness (QED) is 0.398. The first-order valence-electron chi connectivity index (χ1n) is 8.57. The van der Waals surface area contributed by atoms with Crippen LogP contribution in [0, 0.1) is 0 Å². The molecule has 0 aliphatic carbocycles. The molecule has 0 bridgehead atoms. The number of aliphatic imine (C=N–C) groups is 1. The van der Waals surface area contributed by atoms with Crippen molar-refractivity contribution in [3.63, 3.8) is 0 Å². The number of fused-ring (bicyclic) bond motifs is 1. The number of rotatable bonds is 3. The van der Waals surface area contributed by atoms with Crippen molar-refractivity contribution in [3.05, 3.63) is 11.6 Å². The van der Waals surface area contributed by atoms with Crippen LogP contribution < -0.4 is 5.32 Å². The SMILES string of the molecule is CN=C(NCc1nnc2n1CCC2)N1CCN(C(C)C(F)(F)F)CC1.I. The van der Waals surface area contributed by atoms with Crippen LogP contribution in [0.15, 0.2) is 4.99 Å². The fraction of sp³-hybridized carbons (Fsp3) is 0.800. The van der Waals surface area contributed by atoms with E-state index in [0.717, 1.165) is 31.0 Å². The number of halogens is 4.